The van der Waals surface area contributed by atoms with Gasteiger partial charge in [-0.3, -0.25) is 4.98 Å². The Balaban J connectivity index is 2.21. The van der Waals surface area contributed by atoms with E-state index >= 15 is 0 Å². The fourth-order valence-corrected chi connectivity index (χ4v) is 1.99. The van der Waals surface area contributed by atoms with Crippen molar-refractivity contribution < 1.29 is 0 Å². The molecule has 5 heteroatoms. The molecule has 2 rings (SSSR count). The quantitative estimate of drug-likeness (QED) is 0.922. The van der Waals surface area contributed by atoms with Crippen molar-refractivity contribution in [1.82, 2.24) is 4.98 Å². The highest BCUT2D eigenvalue weighted by atomic mass is 79.9. The lowest BCUT2D eigenvalue weighted by Gasteiger charge is -2.13. The molecule has 0 aliphatic carbocycles. The maximum Gasteiger partial charge on any atom is 0.141 e. The first-order valence-corrected chi connectivity index (χ1v) is 6.39. The summed E-state index contributed by atoms with van der Waals surface area (Å²) in [7, 11) is 0. The number of hydrogen-bond donors (Lipinski definition) is 1. The highest BCUT2D eigenvalue weighted by Crippen LogP contribution is 2.27. The molecule has 90 valence electrons. The molecule has 0 fully saturated rings. The zero-order chi connectivity index (χ0) is 13.0. The Morgan fingerprint density at radius 1 is 1.39 bits per heavy atom. The lowest BCUT2D eigenvalue weighted by atomic mass is 10.1. The van der Waals surface area contributed by atoms with Crippen molar-refractivity contribution in [2.75, 3.05) is 5.32 Å². The summed E-state index contributed by atoms with van der Waals surface area (Å²) in [6.45, 7) is 0. The summed E-state index contributed by atoms with van der Waals surface area (Å²) in [6, 6.07) is 10.9. The molecule has 1 unspecified atom stereocenters. The van der Waals surface area contributed by atoms with E-state index < -0.39 is 6.04 Å². The van der Waals surface area contributed by atoms with Gasteiger partial charge in [0.1, 0.15) is 6.04 Å². The van der Waals surface area contributed by atoms with Gasteiger partial charge in [0.05, 0.1) is 11.1 Å². The monoisotopic (exact) mass is 321 g/mol. The molecule has 0 aliphatic rings. The lowest BCUT2D eigenvalue weighted by molar-refractivity contribution is 0.982. The van der Waals surface area contributed by atoms with E-state index in [9.17, 15) is 5.26 Å². The van der Waals surface area contributed by atoms with Crippen LogP contribution in [0.25, 0.3) is 0 Å². The highest BCUT2D eigenvalue weighted by molar-refractivity contribution is 9.10. The summed E-state index contributed by atoms with van der Waals surface area (Å²) < 4.78 is 0.789. The standard InChI is InChI=1S/C13H9BrClN3/c14-11-6-10(3-4-12(11)15)18-13(7-16)9-2-1-5-17-8-9/h1-6,8,13,18H. The number of nitrogens with one attached hydrogen (secondary N) is 1. The zero-order valence-electron chi connectivity index (χ0n) is 9.27. The van der Waals surface area contributed by atoms with E-state index in [0.717, 1.165) is 15.7 Å². The molecule has 0 saturated heterocycles. The maximum absolute atomic E-state index is 9.19. The Morgan fingerprint density at radius 2 is 2.22 bits per heavy atom. The molecular formula is C13H9BrClN3. The van der Waals surface area contributed by atoms with Crippen LogP contribution in [0.1, 0.15) is 11.6 Å². The number of pyridine rings is 1. The van der Waals surface area contributed by atoms with Crippen molar-refractivity contribution in [2.45, 2.75) is 6.04 Å². The van der Waals surface area contributed by atoms with Gasteiger partial charge in [0.25, 0.3) is 0 Å². The van der Waals surface area contributed by atoms with Crippen LogP contribution < -0.4 is 5.32 Å². The summed E-state index contributed by atoms with van der Waals surface area (Å²) in [6.07, 6.45) is 3.35. The first kappa shape index (κ1) is 12.9. The summed E-state index contributed by atoms with van der Waals surface area (Å²) >= 11 is 9.27. The van der Waals surface area contributed by atoms with Gasteiger partial charge in [-0.15, -0.1) is 0 Å². The van der Waals surface area contributed by atoms with E-state index in [1.165, 1.54) is 0 Å². The number of anilines is 1. The third kappa shape index (κ3) is 3.00. The van der Waals surface area contributed by atoms with Gasteiger partial charge in [-0.2, -0.15) is 5.26 Å². The molecule has 1 heterocycles. The molecule has 18 heavy (non-hydrogen) atoms. The first-order chi connectivity index (χ1) is 8.70. The number of rotatable bonds is 3. The van der Waals surface area contributed by atoms with E-state index in [2.05, 4.69) is 32.3 Å². The van der Waals surface area contributed by atoms with Gasteiger partial charge in [0, 0.05) is 28.1 Å². The van der Waals surface area contributed by atoms with Crippen molar-refractivity contribution in [3.05, 3.63) is 57.8 Å². The van der Waals surface area contributed by atoms with Crippen LogP contribution in [-0.4, -0.2) is 4.98 Å². The second kappa shape index (κ2) is 5.85. The van der Waals surface area contributed by atoms with Crippen LogP contribution in [0.5, 0.6) is 0 Å². The zero-order valence-corrected chi connectivity index (χ0v) is 11.6. The summed E-state index contributed by atoms with van der Waals surface area (Å²) in [5.41, 5.74) is 1.65. The van der Waals surface area contributed by atoms with Crippen LogP contribution >= 0.6 is 27.5 Å². The van der Waals surface area contributed by atoms with Crippen LogP contribution in [0.2, 0.25) is 5.02 Å². The maximum atomic E-state index is 9.19. The third-order valence-electron chi connectivity index (χ3n) is 2.38. The lowest BCUT2D eigenvalue weighted by Crippen LogP contribution is -2.08. The van der Waals surface area contributed by atoms with Crippen LogP contribution in [0.3, 0.4) is 0 Å². The minimum atomic E-state index is -0.438. The van der Waals surface area contributed by atoms with Crippen LogP contribution in [0, 0.1) is 11.3 Å². The average Bonchev–Trinajstić information content (AvgIpc) is 2.41. The predicted octanol–water partition coefficient (Wildman–Crippen LogP) is 4.17. The van der Waals surface area contributed by atoms with Crippen LogP contribution in [0.15, 0.2) is 47.2 Å². The molecule has 0 saturated carbocycles. The largest absolute Gasteiger partial charge is 0.366 e. The van der Waals surface area contributed by atoms with Gasteiger partial charge in [-0.05, 0) is 40.2 Å². The summed E-state index contributed by atoms with van der Waals surface area (Å²) in [5.74, 6) is 0. The van der Waals surface area contributed by atoms with Crippen LogP contribution in [-0.2, 0) is 0 Å². The smallest absolute Gasteiger partial charge is 0.141 e. The van der Waals surface area contributed by atoms with Crippen molar-refractivity contribution in [3.8, 4) is 6.07 Å². The van der Waals surface area contributed by atoms with E-state index in [1.54, 1.807) is 24.5 Å². The molecule has 0 amide bonds. The predicted molar refractivity (Wildman–Crippen MR) is 75.4 cm³/mol. The highest BCUT2D eigenvalue weighted by Gasteiger charge is 2.10. The Bertz CT molecular complexity index is 581. The van der Waals surface area contributed by atoms with Crippen molar-refractivity contribution >= 4 is 33.2 Å². The molecule has 1 aromatic heterocycles. The number of aromatic nitrogens is 1. The van der Waals surface area contributed by atoms with Gasteiger partial charge in [-0.1, -0.05) is 17.7 Å². The van der Waals surface area contributed by atoms with Gasteiger partial charge < -0.3 is 5.32 Å². The van der Waals surface area contributed by atoms with Gasteiger partial charge >= 0.3 is 0 Å². The summed E-state index contributed by atoms with van der Waals surface area (Å²) in [5, 5.41) is 12.9. The fourth-order valence-electron chi connectivity index (χ4n) is 1.49. The van der Waals surface area contributed by atoms with Crippen molar-refractivity contribution in [1.29, 1.82) is 5.26 Å². The number of nitriles is 1. The Labute approximate surface area is 119 Å². The molecule has 3 nitrogen and oxygen atoms in total. The minimum Gasteiger partial charge on any atom is -0.366 e. The molecule has 0 radical (unpaired) electrons. The Kier molecular flexibility index (Phi) is 4.19. The van der Waals surface area contributed by atoms with Gasteiger partial charge in [0.15, 0.2) is 0 Å². The van der Waals surface area contributed by atoms with E-state index in [1.807, 2.05) is 18.2 Å². The number of nitrogens with zero attached hydrogens (tertiary/aromatic N) is 2. The fraction of sp³-hybridized carbons (Fsp3) is 0.0769. The number of benzene rings is 1. The SMILES string of the molecule is N#CC(Nc1ccc(Cl)c(Br)c1)c1cccnc1. The van der Waals surface area contributed by atoms with E-state index in [0.29, 0.717) is 5.02 Å². The van der Waals surface area contributed by atoms with Crippen molar-refractivity contribution in [3.63, 3.8) is 0 Å². The molecule has 1 aromatic carbocycles. The molecule has 2 aromatic rings. The van der Waals surface area contributed by atoms with Gasteiger partial charge in [-0.25, -0.2) is 0 Å². The normalized spacial score (nSPS) is 11.6. The first-order valence-electron chi connectivity index (χ1n) is 5.22. The molecule has 1 atom stereocenters. The molecule has 1 N–H and O–H groups in total. The van der Waals surface area contributed by atoms with Crippen molar-refractivity contribution in [2.24, 2.45) is 0 Å². The molecular weight excluding hydrogens is 314 g/mol. The average molecular weight is 323 g/mol. The third-order valence-corrected chi connectivity index (χ3v) is 3.59. The minimum absolute atomic E-state index is 0.438. The molecule has 0 aliphatic heterocycles. The number of halogens is 2. The van der Waals surface area contributed by atoms with Gasteiger partial charge in [0.2, 0.25) is 0 Å². The molecule has 0 spiro atoms. The Morgan fingerprint density at radius 3 is 2.83 bits per heavy atom. The number of hydrogen-bond acceptors (Lipinski definition) is 3. The van der Waals surface area contributed by atoms with E-state index in [4.69, 9.17) is 11.6 Å². The topological polar surface area (TPSA) is 48.7 Å². The Hall–Kier alpha value is -1.57. The second-order valence-corrected chi connectivity index (χ2v) is 4.88. The molecule has 0 bridgehead atoms. The second-order valence-electron chi connectivity index (χ2n) is 3.62. The van der Waals surface area contributed by atoms with E-state index in [-0.39, 0.29) is 0 Å². The van der Waals surface area contributed by atoms with Crippen LogP contribution in [0.4, 0.5) is 5.69 Å². The summed E-state index contributed by atoms with van der Waals surface area (Å²) in [4.78, 5) is 4.01.